The summed E-state index contributed by atoms with van der Waals surface area (Å²) in [6.07, 6.45) is 0. The number of methoxy groups -OCH3 is 1. The lowest BCUT2D eigenvalue weighted by Gasteiger charge is -2.32. The van der Waals surface area contributed by atoms with Crippen molar-refractivity contribution in [3.05, 3.63) is 53.6 Å². The van der Waals surface area contributed by atoms with E-state index in [0.29, 0.717) is 17.9 Å². The average Bonchev–Trinajstić information content (AvgIpc) is 2.87. The Labute approximate surface area is 161 Å². The predicted molar refractivity (Wildman–Crippen MR) is 104 cm³/mol. The molecule has 5 nitrogen and oxygen atoms in total. The first-order valence-corrected chi connectivity index (χ1v) is 8.91. The molecule has 1 fully saturated rings. The molecule has 0 N–H and O–H groups in total. The SMILES string of the molecule is COc1ccc(C#N)cc1COc1ccc(B2OC(C)(C)C(C)(C)O2)cc1. The number of hydrogen-bond donors (Lipinski definition) is 0. The predicted octanol–water partition coefficient (Wildman–Crippen LogP) is 3.45. The number of rotatable bonds is 5. The van der Waals surface area contributed by atoms with Crippen LogP contribution in [0.1, 0.15) is 38.8 Å². The Kier molecular flexibility index (Phi) is 5.19. The van der Waals surface area contributed by atoms with Crippen molar-refractivity contribution in [3.8, 4) is 17.6 Å². The van der Waals surface area contributed by atoms with Crippen molar-refractivity contribution in [2.45, 2.75) is 45.5 Å². The Morgan fingerprint density at radius 3 is 2.19 bits per heavy atom. The molecule has 2 aromatic rings. The van der Waals surface area contributed by atoms with Crippen LogP contribution in [0.2, 0.25) is 0 Å². The maximum Gasteiger partial charge on any atom is 0.494 e. The number of nitriles is 1. The summed E-state index contributed by atoms with van der Waals surface area (Å²) in [4.78, 5) is 0. The zero-order valence-electron chi connectivity index (χ0n) is 16.4. The van der Waals surface area contributed by atoms with Gasteiger partial charge in [0.05, 0.1) is 29.9 Å². The largest absolute Gasteiger partial charge is 0.496 e. The molecule has 140 valence electrons. The molecule has 0 bridgehead atoms. The van der Waals surface area contributed by atoms with E-state index in [1.807, 2.05) is 52.0 Å². The summed E-state index contributed by atoms with van der Waals surface area (Å²) in [7, 11) is 1.21. The maximum atomic E-state index is 9.06. The standard InChI is InChI=1S/C21H24BNO4/c1-20(2)21(3,4)27-22(26-20)17-7-9-18(10-8-17)25-14-16-12-15(13-23)6-11-19(16)24-5/h6-12H,14H2,1-5H3. The van der Waals surface area contributed by atoms with E-state index in [1.165, 1.54) is 0 Å². The van der Waals surface area contributed by atoms with Gasteiger partial charge in [-0.25, -0.2) is 0 Å². The average molecular weight is 365 g/mol. The third-order valence-electron chi connectivity index (χ3n) is 5.21. The second-order valence-corrected chi connectivity index (χ2v) is 7.58. The molecule has 2 aromatic carbocycles. The summed E-state index contributed by atoms with van der Waals surface area (Å²) < 4.78 is 23.3. The molecule has 0 aliphatic carbocycles. The van der Waals surface area contributed by atoms with Crippen LogP contribution >= 0.6 is 0 Å². The van der Waals surface area contributed by atoms with Gasteiger partial charge in [0.1, 0.15) is 18.1 Å². The maximum absolute atomic E-state index is 9.06. The molecule has 0 amide bonds. The van der Waals surface area contributed by atoms with Crippen molar-refractivity contribution < 1.29 is 18.8 Å². The first kappa shape index (κ1) is 19.3. The van der Waals surface area contributed by atoms with Crippen LogP contribution in [0, 0.1) is 11.3 Å². The van der Waals surface area contributed by atoms with Crippen molar-refractivity contribution in [3.63, 3.8) is 0 Å². The Hall–Kier alpha value is -2.49. The lowest BCUT2D eigenvalue weighted by Crippen LogP contribution is -2.41. The summed E-state index contributed by atoms with van der Waals surface area (Å²) in [5.74, 6) is 1.42. The second-order valence-electron chi connectivity index (χ2n) is 7.58. The third-order valence-corrected chi connectivity index (χ3v) is 5.21. The van der Waals surface area contributed by atoms with Gasteiger partial charge in [-0.15, -0.1) is 0 Å². The fourth-order valence-electron chi connectivity index (χ4n) is 2.82. The van der Waals surface area contributed by atoms with E-state index in [2.05, 4.69) is 6.07 Å². The normalized spacial score (nSPS) is 17.4. The molecule has 27 heavy (non-hydrogen) atoms. The van der Waals surface area contributed by atoms with Gasteiger partial charge >= 0.3 is 7.12 Å². The highest BCUT2D eigenvalue weighted by Gasteiger charge is 2.51. The topological polar surface area (TPSA) is 60.7 Å². The van der Waals surface area contributed by atoms with Gasteiger partial charge in [-0.2, -0.15) is 5.26 Å². The second kappa shape index (κ2) is 7.26. The summed E-state index contributed by atoms with van der Waals surface area (Å²) in [5.41, 5.74) is 1.62. The lowest BCUT2D eigenvalue weighted by atomic mass is 9.79. The Bertz CT molecular complexity index is 839. The lowest BCUT2D eigenvalue weighted by molar-refractivity contribution is 0.00578. The van der Waals surface area contributed by atoms with Gasteiger partial charge in [-0.05, 0) is 63.5 Å². The summed E-state index contributed by atoms with van der Waals surface area (Å²) >= 11 is 0. The molecule has 1 saturated heterocycles. The molecule has 0 aromatic heterocycles. The van der Waals surface area contributed by atoms with Gasteiger partial charge in [-0.3, -0.25) is 0 Å². The summed E-state index contributed by atoms with van der Waals surface area (Å²) in [5, 5.41) is 9.06. The quantitative estimate of drug-likeness (QED) is 0.760. The highest BCUT2D eigenvalue weighted by Crippen LogP contribution is 2.36. The molecule has 6 heteroatoms. The molecular weight excluding hydrogens is 341 g/mol. The van der Waals surface area contributed by atoms with Crippen molar-refractivity contribution >= 4 is 12.6 Å². The van der Waals surface area contributed by atoms with Crippen LogP contribution in [-0.2, 0) is 15.9 Å². The number of benzene rings is 2. The van der Waals surface area contributed by atoms with Crippen LogP contribution in [0.4, 0.5) is 0 Å². The summed E-state index contributed by atoms with van der Waals surface area (Å²) in [6, 6.07) is 15.1. The van der Waals surface area contributed by atoms with E-state index < -0.39 is 7.12 Å². The minimum atomic E-state index is -0.392. The highest BCUT2D eigenvalue weighted by atomic mass is 16.7. The molecular formula is C21H24BNO4. The highest BCUT2D eigenvalue weighted by molar-refractivity contribution is 6.62. The molecule has 0 radical (unpaired) electrons. The Balaban J connectivity index is 1.68. The molecule has 1 heterocycles. The fraction of sp³-hybridized carbons (Fsp3) is 0.381. The molecule has 1 aliphatic rings. The van der Waals surface area contributed by atoms with Crippen LogP contribution in [0.3, 0.4) is 0 Å². The Morgan fingerprint density at radius 1 is 1.00 bits per heavy atom. The number of hydrogen-bond acceptors (Lipinski definition) is 5. The smallest absolute Gasteiger partial charge is 0.494 e. The summed E-state index contributed by atoms with van der Waals surface area (Å²) in [6.45, 7) is 8.45. The first-order chi connectivity index (χ1) is 12.8. The van der Waals surface area contributed by atoms with Gasteiger partial charge in [-0.1, -0.05) is 12.1 Å². The van der Waals surface area contributed by atoms with E-state index in [9.17, 15) is 0 Å². The molecule has 3 rings (SSSR count). The van der Waals surface area contributed by atoms with Crippen LogP contribution in [0.15, 0.2) is 42.5 Å². The van der Waals surface area contributed by atoms with Gasteiger partial charge in [0, 0.05) is 5.56 Å². The van der Waals surface area contributed by atoms with E-state index in [0.717, 1.165) is 16.8 Å². The van der Waals surface area contributed by atoms with E-state index >= 15 is 0 Å². The van der Waals surface area contributed by atoms with E-state index in [-0.39, 0.29) is 11.2 Å². The minimum Gasteiger partial charge on any atom is -0.496 e. The molecule has 0 unspecified atom stereocenters. The van der Waals surface area contributed by atoms with Crippen LogP contribution in [-0.4, -0.2) is 25.4 Å². The van der Waals surface area contributed by atoms with Crippen LogP contribution < -0.4 is 14.9 Å². The van der Waals surface area contributed by atoms with Crippen molar-refractivity contribution in [1.29, 1.82) is 5.26 Å². The van der Waals surface area contributed by atoms with E-state index in [1.54, 1.807) is 25.3 Å². The molecule has 0 atom stereocenters. The fourth-order valence-corrected chi connectivity index (χ4v) is 2.82. The Morgan fingerprint density at radius 2 is 1.63 bits per heavy atom. The monoisotopic (exact) mass is 365 g/mol. The molecule has 1 aliphatic heterocycles. The van der Waals surface area contributed by atoms with Gasteiger partial charge in [0.15, 0.2) is 0 Å². The van der Waals surface area contributed by atoms with Gasteiger partial charge in [0.25, 0.3) is 0 Å². The van der Waals surface area contributed by atoms with Gasteiger partial charge in [0.2, 0.25) is 0 Å². The van der Waals surface area contributed by atoms with Gasteiger partial charge < -0.3 is 18.8 Å². The number of ether oxygens (including phenoxy) is 2. The zero-order valence-corrected chi connectivity index (χ0v) is 16.4. The van der Waals surface area contributed by atoms with Crippen LogP contribution in [0.5, 0.6) is 11.5 Å². The van der Waals surface area contributed by atoms with Crippen molar-refractivity contribution in [1.82, 2.24) is 0 Å². The third kappa shape index (κ3) is 3.95. The van der Waals surface area contributed by atoms with Crippen molar-refractivity contribution in [2.75, 3.05) is 7.11 Å². The first-order valence-electron chi connectivity index (χ1n) is 8.91. The zero-order chi connectivity index (χ0) is 19.7. The molecule has 0 saturated carbocycles. The van der Waals surface area contributed by atoms with E-state index in [4.69, 9.17) is 24.0 Å². The van der Waals surface area contributed by atoms with Crippen LogP contribution in [0.25, 0.3) is 0 Å². The number of nitrogens with zero attached hydrogens (tertiary/aromatic N) is 1. The van der Waals surface area contributed by atoms with Crippen molar-refractivity contribution in [2.24, 2.45) is 0 Å². The minimum absolute atomic E-state index is 0.314. The molecule has 0 spiro atoms.